The number of rotatable bonds is 7. The average molecular weight is 509 g/mol. The SMILES string of the molecule is Cn1ncc(-c2ccc3cnc(NC(=O)c4cccc(CN5CCCC5)c4)cc3c2)c1CN1CCCCC1. The molecule has 196 valence electrons. The van der Waals surface area contributed by atoms with Crippen molar-refractivity contribution in [1.29, 1.82) is 0 Å². The zero-order chi connectivity index (χ0) is 25.9. The van der Waals surface area contributed by atoms with Crippen LogP contribution in [0.1, 0.15) is 53.7 Å². The van der Waals surface area contributed by atoms with E-state index in [1.165, 1.54) is 43.4 Å². The lowest BCUT2D eigenvalue weighted by Crippen LogP contribution is -2.30. The monoisotopic (exact) mass is 508 g/mol. The summed E-state index contributed by atoms with van der Waals surface area (Å²) in [6.07, 6.45) is 10.2. The molecular formula is C31H36N6O. The molecule has 2 aliphatic rings. The van der Waals surface area contributed by atoms with Crippen LogP contribution >= 0.6 is 0 Å². The van der Waals surface area contributed by atoms with E-state index in [1.807, 2.05) is 48.4 Å². The molecule has 2 aliphatic heterocycles. The van der Waals surface area contributed by atoms with E-state index in [0.717, 1.165) is 61.2 Å². The van der Waals surface area contributed by atoms with E-state index < -0.39 is 0 Å². The van der Waals surface area contributed by atoms with Gasteiger partial charge in [-0.25, -0.2) is 4.98 Å². The number of aryl methyl sites for hydroxylation is 1. The van der Waals surface area contributed by atoms with E-state index in [0.29, 0.717) is 11.4 Å². The molecule has 4 heterocycles. The Bertz CT molecular complexity index is 1430. The Morgan fingerprint density at radius 3 is 2.42 bits per heavy atom. The van der Waals surface area contributed by atoms with Gasteiger partial charge in [-0.2, -0.15) is 5.10 Å². The second-order valence-corrected chi connectivity index (χ2v) is 10.7. The number of carbonyl (C=O) groups is 1. The van der Waals surface area contributed by atoms with Crippen LogP contribution in [0.3, 0.4) is 0 Å². The summed E-state index contributed by atoms with van der Waals surface area (Å²) in [5, 5.41) is 9.69. The van der Waals surface area contributed by atoms with Gasteiger partial charge in [0.1, 0.15) is 5.82 Å². The van der Waals surface area contributed by atoms with Crippen molar-refractivity contribution in [2.24, 2.45) is 7.05 Å². The standard InChI is InChI=1S/C31H36N6O/c1-35-29(22-37-12-3-2-4-13-37)28(20-33-35)24-10-11-26-19-32-30(18-27(26)17-24)34-31(38)25-9-7-8-23(16-25)21-36-14-5-6-15-36/h7-11,16-20H,2-6,12-15,21-22H2,1H3,(H,32,34,38). The molecule has 38 heavy (non-hydrogen) atoms. The summed E-state index contributed by atoms with van der Waals surface area (Å²) in [4.78, 5) is 22.6. The molecule has 1 amide bonds. The van der Waals surface area contributed by atoms with Crippen molar-refractivity contribution in [2.45, 2.75) is 45.2 Å². The number of amides is 1. The highest BCUT2D eigenvalue weighted by Gasteiger charge is 2.18. The molecule has 1 N–H and O–H groups in total. The van der Waals surface area contributed by atoms with Crippen molar-refractivity contribution in [1.82, 2.24) is 24.6 Å². The highest BCUT2D eigenvalue weighted by atomic mass is 16.1. The van der Waals surface area contributed by atoms with Gasteiger partial charge in [0.25, 0.3) is 5.91 Å². The largest absolute Gasteiger partial charge is 0.307 e. The average Bonchev–Trinajstić information content (AvgIpc) is 3.59. The van der Waals surface area contributed by atoms with E-state index in [2.05, 4.69) is 49.5 Å². The molecule has 0 bridgehead atoms. The number of hydrogen-bond donors (Lipinski definition) is 1. The highest BCUT2D eigenvalue weighted by Crippen LogP contribution is 2.29. The number of pyridine rings is 1. The van der Waals surface area contributed by atoms with Crippen molar-refractivity contribution >= 4 is 22.5 Å². The first-order valence-electron chi connectivity index (χ1n) is 13.9. The second kappa shape index (κ2) is 11.1. The van der Waals surface area contributed by atoms with Crippen molar-refractivity contribution < 1.29 is 4.79 Å². The summed E-state index contributed by atoms with van der Waals surface area (Å²) in [6.45, 7) is 6.39. The van der Waals surface area contributed by atoms with Crippen LogP contribution < -0.4 is 5.32 Å². The van der Waals surface area contributed by atoms with E-state index >= 15 is 0 Å². The summed E-state index contributed by atoms with van der Waals surface area (Å²) in [5.74, 6) is 0.427. The molecule has 0 saturated carbocycles. The molecule has 7 nitrogen and oxygen atoms in total. The Kier molecular flexibility index (Phi) is 7.20. The number of nitrogens with one attached hydrogen (secondary N) is 1. The smallest absolute Gasteiger partial charge is 0.256 e. The Hall–Kier alpha value is -3.55. The normalized spacial score (nSPS) is 16.8. The predicted molar refractivity (Wildman–Crippen MR) is 152 cm³/mol. The topological polar surface area (TPSA) is 66.3 Å². The van der Waals surface area contributed by atoms with Crippen molar-refractivity contribution in [3.05, 3.63) is 77.7 Å². The Morgan fingerprint density at radius 2 is 1.61 bits per heavy atom. The van der Waals surface area contributed by atoms with Crippen molar-refractivity contribution in [3.8, 4) is 11.1 Å². The van der Waals surface area contributed by atoms with Crippen LogP contribution in [0.15, 0.2) is 60.9 Å². The number of piperidine rings is 1. The van der Waals surface area contributed by atoms with Gasteiger partial charge in [-0.05, 0) is 92.6 Å². The zero-order valence-corrected chi connectivity index (χ0v) is 22.2. The van der Waals surface area contributed by atoms with Gasteiger partial charge in [0.05, 0.1) is 11.9 Å². The van der Waals surface area contributed by atoms with E-state index in [1.54, 1.807) is 0 Å². The minimum Gasteiger partial charge on any atom is -0.307 e. The lowest BCUT2D eigenvalue weighted by atomic mass is 10.0. The van der Waals surface area contributed by atoms with Crippen LogP contribution in [-0.2, 0) is 20.1 Å². The van der Waals surface area contributed by atoms with Gasteiger partial charge in [-0.15, -0.1) is 0 Å². The van der Waals surface area contributed by atoms with Crippen molar-refractivity contribution in [3.63, 3.8) is 0 Å². The van der Waals surface area contributed by atoms with Gasteiger partial charge in [-0.3, -0.25) is 19.3 Å². The number of carbonyl (C=O) groups excluding carboxylic acids is 1. The Labute approximate surface area is 224 Å². The highest BCUT2D eigenvalue weighted by molar-refractivity contribution is 6.04. The third-order valence-electron chi connectivity index (χ3n) is 7.95. The van der Waals surface area contributed by atoms with Crippen LogP contribution in [0.25, 0.3) is 21.9 Å². The van der Waals surface area contributed by atoms with Crippen LogP contribution in [0.5, 0.6) is 0 Å². The van der Waals surface area contributed by atoms with Crippen LogP contribution in [-0.4, -0.2) is 56.7 Å². The van der Waals surface area contributed by atoms with Gasteiger partial charge in [0, 0.05) is 42.8 Å². The fourth-order valence-corrected chi connectivity index (χ4v) is 5.80. The molecule has 2 aromatic carbocycles. The number of benzene rings is 2. The lowest BCUT2D eigenvalue weighted by Gasteiger charge is -2.26. The minimum atomic E-state index is -0.132. The first-order valence-corrected chi connectivity index (χ1v) is 13.9. The van der Waals surface area contributed by atoms with Crippen LogP contribution in [0, 0.1) is 0 Å². The predicted octanol–water partition coefficient (Wildman–Crippen LogP) is 5.47. The number of anilines is 1. The molecule has 2 saturated heterocycles. The number of fused-ring (bicyclic) bond motifs is 1. The second-order valence-electron chi connectivity index (χ2n) is 10.7. The van der Waals surface area contributed by atoms with E-state index in [-0.39, 0.29) is 5.91 Å². The third-order valence-corrected chi connectivity index (χ3v) is 7.95. The summed E-state index contributed by atoms with van der Waals surface area (Å²) < 4.78 is 2.00. The molecule has 2 aromatic heterocycles. The van der Waals surface area contributed by atoms with Crippen molar-refractivity contribution in [2.75, 3.05) is 31.5 Å². The minimum absolute atomic E-state index is 0.132. The number of aromatic nitrogens is 3. The number of hydrogen-bond acceptors (Lipinski definition) is 5. The fraction of sp³-hybridized carbons (Fsp3) is 0.387. The Morgan fingerprint density at radius 1 is 0.842 bits per heavy atom. The molecule has 0 atom stereocenters. The van der Waals surface area contributed by atoms with Gasteiger partial charge in [-0.1, -0.05) is 30.7 Å². The summed E-state index contributed by atoms with van der Waals surface area (Å²) in [7, 11) is 2.03. The number of nitrogens with zero attached hydrogens (tertiary/aromatic N) is 5. The quantitative estimate of drug-likeness (QED) is 0.359. The molecule has 2 fully saturated rings. The molecule has 0 radical (unpaired) electrons. The van der Waals surface area contributed by atoms with Gasteiger partial charge < -0.3 is 5.32 Å². The zero-order valence-electron chi connectivity index (χ0n) is 22.2. The van der Waals surface area contributed by atoms with Crippen LogP contribution in [0.4, 0.5) is 5.82 Å². The Balaban J connectivity index is 1.21. The molecule has 4 aromatic rings. The first kappa shape index (κ1) is 24.8. The maximum Gasteiger partial charge on any atom is 0.256 e. The van der Waals surface area contributed by atoms with Gasteiger partial charge in [0.15, 0.2) is 0 Å². The molecule has 0 spiro atoms. The third kappa shape index (κ3) is 5.49. The lowest BCUT2D eigenvalue weighted by molar-refractivity contribution is 0.102. The summed E-state index contributed by atoms with van der Waals surface area (Å²) in [5.41, 5.74) is 5.37. The van der Waals surface area contributed by atoms with Crippen LogP contribution in [0.2, 0.25) is 0 Å². The molecule has 6 rings (SSSR count). The van der Waals surface area contributed by atoms with Gasteiger partial charge >= 0.3 is 0 Å². The maximum atomic E-state index is 13.1. The molecule has 7 heteroatoms. The molecular weight excluding hydrogens is 472 g/mol. The number of likely N-dealkylation sites (tertiary alicyclic amines) is 2. The molecule has 0 aliphatic carbocycles. The maximum absolute atomic E-state index is 13.1. The van der Waals surface area contributed by atoms with E-state index in [4.69, 9.17) is 0 Å². The summed E-state index contributed by atoms with van der Waals surface area (Å²) >= 11 is 0. The fourth-order valence-electron chi connectivity index (χ4n) is 5.80. The van der Waals surface area contributed by atoms with Gasteiger partial charge in [0.2, 0.25) is 0 Å². The first-order chi connectivity index (χ1) is 18.6. The molecule has 0 unspecified atom stereocenters. The van der Waals surface area contributed by atoms with E-state index in [9.17, 15) is 4.79 Å². The summed E-state index contributed by atoms with van der Waals surface area (Å²) in [6, 6.07) is 16.3.